The Morgan fingerprint density at radius 1 is 1.25 bits per heavy atom. The van der Waals surface area contributed by atoms with Crippen LogP contribution in [-0.2, 0) is 4.74 Å². The summed E-state index contributed by atoms with van der Waals surface area (Å²) in [5.74, 6) is 1.23. The van der Waals surface area contributed by atoms with Crippen molar-refractivity contribution in [1.29, 1.82) is 0 Å². The van der Waals surface area contributed by atoms with Gasteiger partial charge in [-0.05, 0) is 0 Å². The van der Waals surface area contributed by atoms with Gasteiger partial charge in [-0.3, -0.25) is 0 Å². The predicted molar refractivity (Wildman–Crippen MR) is 76.7 cm³/mol. The van der Waals surface area contributed by atoms with Crippen LogP contribution in [0.15, 0.2) is 12.7 Å². The number of ether oxygens (including phenoxy) is 1. The summed E-state index contributed by atoms with van der Waals surface area (Å²) < 4.78 is 7.33. The predicted octanol–water partition coefficient (Wildman–Crippen LogP) is 4.58. The Morgan fingerprint density at radius 2 is 1.75 bits per heavy atom. The standard InChI is InChI=1S/C11H21O.3CH3.Sn/c1-7-9(2)10(3)8-12-11(4,5)6;;;;/h7,9-10H,1,3,8H2,2,4-6H3;3*1H3;/t9-,10+;;;;/m0..../s1. The van der Waals surface area contributed by atoms with E-state index in [9.17, 15) is 0 Å². The van der Waals surface area contributed by atoms with Gasteiger partial charge >= 0.3 is 107 Å². The van der Waals surface area contributed by atoms with E-state index < -0.39 is 18.4 Å². The van der Waals surface area contributed by atoms with Crippen molar-refractivity contribution in [2.75, 3.05) is 6.61 Å². The summed E-state index contributed by atoms with van der Waals surface area (Å²) in [6, 6.07) is 0. The SMILES string of the molecule is C=C[C@H](C)[C@@H](COC(C)(C)C)[CH2][Sn]([CH3])([CH3])[CH3]. The Morgan fingerprint density at radius 3 is 2.06 bits per heavy atom. The summed E-state index contributed by atoms with van der Waals surface area (Å²) >= 11 is -1.73. The molecule has 0 spiro atoms. The van der Waals surface area contributed by atoms with Crippen molar-refractivity contribution in [3.63, 3.8) is 0 Å². The van der Waals surface area contributed by atoms with Gasteiger partial charge in [0.1, 0.15) is 0 Å². The minimum atomic E-state index is -1.73. The summed E-state index contributed by atoms with van der Waals surface area (Å²) in [5, 5.41) is 0. The van der Waals surface area contributed by atoms with Crippen molar-refractivity contribution in [3.8, 4) is 0 Å². The molecule has 0 aromatic carbocycles. The first-order valence-electron chi connectivity index (χ1n) is 6.32. The number of allylic oxidation sites excluding steroid dienone is 1. The molecule has 96 valence electrons. The fourth-order valence-corrected chi connectivity index (χ4v) is 7.62. The van der Waals surface area contributed by atoms with Crippen LogP contribution in [0.4, 0.5) is 0 Å². The van der Waals surface area contributed by atoms with Crippen LogP contribution in [0.5, 0.6) is 0 Å². The summed E-state index contributed by atoms with van der Waals surface area (Å²) in [4.78, 5) is 7.48. The normalized spacial score (nSPS) is 16.9. The summed E-state index contributed by atoms with van der Waals surface area (Å²) in [5.41, 5.74) is -0.0213. The van der Waals surface area contributed by atoms with Gasteiger partial charge in [0.25, 0.3) is 0 Å². The molecule has 2 heteroatoms. The van der Waals surface area contributed by atoms with Crippen molar-refractivity contribution < 1.29 is 4.74 Å². The van der Waals surface area contributed by atoms with E-state index in [-0.39, 0.29) is 5.60 Å². The third-order valence-electron chi connectivity index (χ3n) is 2.72. The molecule has 0 saturated heterocycles. The Hall–Kier alpha value is 0.499. The molecule has 0 bridgehead atoms. The monoisotopic (exact) mass is 334 g/mol. The molecule has 0 heterocycles. The molecule has 0 rings (SSSR count). The fourth-order valence-electron chi connectivity index (χ4n) is 1.73. The number of hydrogen-bond donors (Lipinski definition) is 0. The second-order valence-corrected chi connectivity index (χ2v) is 22.8. The van der Waals surface area contributed by atoms with Crippen LogP contribution in [-0.4, -0.2) is 30.6 Å². The van der Waals surface area contributed by atoms with Gasteiger partial charge in [-0.2, -0.15) is 0 Å². The molecule has 1 nitrogen and oxygen atoms in total. The first-order chi connectivity index (χ1) is 7.05. The van der Waals surface area contributed by atoms with Gasteiger partial charge in [0.05, 0.1) is 0 Å². The van der Waals surface area contributed by atoms with Crippen molar-refractivity contribution >= 4 is 18.4 Å². The van der Waals surface area contributed by atoms with Crippen molar-refractivity contribution in [2.45, 2.75) is 52.6 Å². The van der Waals surface area contributed by atoms with Gasteiger partial charge in [0.2, 0.25) is 0 Å². The van der Waals surface area contributed by atoms with Crippen LogP contribution >= 0.6 is 0 Å². The van der Waals surface area contributed by atoms with Crippen molar-refractivity contribution in [2.24, 2.45) is 11.8 Å². The van der Waals surface area contributed by atoms with Gasteiger partial charge < -0.3 is 0 Å². The molecule has 0 aliphatic heterocycles. The molecular formula is C14H30OSn. The van der Waals surface area contributed by atoms with Gasteiger partial charge in [-0.15, -0.1) is 0 Å². The van der Waals surface area contributed by atoms with Gasteiger partial charge in [-0.25, -0.2) is 0 Å². The maximum atomic E-state index is 5.95. The molecule has 0 fully saturated rings. The van der Waals surface area contributed by atoms with Crippen molar-refractivity contribution in [3.05, 3.63) is 12.7 Å². The third-order valence-corrected chi connectivity index (χ3v) is 7.71. The van der Waals surface area contributed by atoms with Crippen molar-refractivity contribution in [1.82, 2.24) is 0 Å². The first kappa shape index (κ1) is 16.5. The maximum absolute atomic E-state index is 5.95. The van der Waals surface area contributed by atoms with E-state index in [2.05, 4.69) is 55.2 Å². The van der Waals surface area contributed by atoms with Crippen LogP contribution in [0.25, 0.3) is 0 Å². The zero-order chi connectivity index (χ0) is 13.0. The van der Waals surface area contributed by atoms with Crippen LogP contribution in [0, 0.1) is 11.8 Å². The van der Waals surface area contributed by atoms with Gasteiger partial charge in [0.15, 0.2) is 0 Å². The molecule has 2 atom stereocenters. The van der Waals surface area contributed by atoms with Gasteiger partial charge in [-0.1, -0.05) is 0 Å². The van der Waals surface area contributed by atoms with E-state index in [0.29, 0.717) is 11.8 Å². The molecule has 0 aromatic heterocycles. The second-order valence-electron chi connectivity index (χ2n) is 7.04. The van der Waals surface area contributed by atoms with E-state index in [1.54, 1.807) is 0 Å². The van der Waals surface area contributed by atoms with Crippen LogP contribution in [0.1, 0.15) is 27.7 Å². The Bertz CT molecular complexity index is 210. The molecule has 0 N–H and O–H groups in total. The molecule has 0 unspecified atom stereocenters. The summed E-state index contributed by atoms with van der Waals surface area (Å²) in [6.07, 6.45) is 2.08. The van der Waals surface area contributed by atoms with Crippen LogP contribution < -0.4 is 0 Å². The molecule has 0 radical (unpaired) electrons. The average molecular weight is 333 g/mol. The molecule has 0 aromatic rings. The number of rotatable bonds is 6. The molecule has 16 heavy (non-hydrogen) atoms. The topological polar surface area (TPSA) is 9.23 Å². The average Bonchev–Trinajstić information content (AvgIpc) is 2.07. The zero-order valence-electron chi connectivity index (χ0n) is 12.3. The van der Waals surface area contributed by atoms with E-state index >= 15 is 0 Å². The Labute approximate surface area is 107 Å². The molecule has 0 saturated carbocycles. The second kappa shape index (κ2) is 6.44. The fraction of sp³-hybridized carbons (Fsp3) is 0.857. The quantitative estimate of drug-likeness (QED) is 0.511. The molecule has 0 aliphatic rings. The van der Waals surface area contributed by atoms with E-state index in [1.807, 2.05) is 0 Å². The molecular weight excluding hydrogens is 303 g/mol. The number of hydrogen-bond acceptors (Lipinski definition) is 1. The third kappa shape index (κ3) is 8.63. The van der Waals surface area contributed by atoms with Crippen LogP contribution in [0.2, 0.25) is 19.3 Å². The summed E-state index contributed by atoms with van der Waals surface area (Å²) in [7, 11) is 0. The van der Waals surface area contributed by atoms with Crippen LogP contribution in [0.3, 0.4) is 0 Å². The minimum absolute atomic E-state index is 0.0213. The van der Waals surface area contributed by atoms with Gasteiger partial charge in [0, 0.05) is 0 Å². The van der Waals surface area contributed by atoms with E-state index in [0.717, 1.165) is 6.61 Å². The first-order valence-corrected chi connectivity index (χ1v) is 16.9. The summed E-state index contributed by atoms with van der Waals surface area (Å²) in [6.45, 7) is 13.5. The molecule has 0 amide bonds. The van der Waals surface area contributed by atoms with E-state index in [4.69, 9.17) is 4.74 Å². The Balaban J connectivity index is 4.39. The Kier molecular flexibility index (Phi) is 6.64. The zero-order valence-corrected chi connectivity index (χ0v) is 15.1. The molecule has 0 aliphatic carbocycles. The van der Waals surface area contributed by atoms with E-state index in [1.165, 1.54) is 4.44 Å².